The van der Waals surface area contributed by atoms with Crippen LogP contribution in [0.15, 0.2) is 36.4 Å². The molecule has 0 aliphatic carbocycles. The third-order valence-corrected chi connectivity index (χ3v) is 5.80. The fourth-order valence-corrected chi connectivity index (χ4v) is 3.71. The number of nitrogens with one attached hydrogen (secondary N) is 1. The maximum atomic E-state index is 12.4. The molecule has 1 fully saturated rings. The smallest absolute Gasteiger partial charge is 0.226 e. The van der Waals surface area contributed by atoms with Crippen molar-refractivity contribution in [3.8, 4) is 11.4 Å². The molecule has 4 rings (SSSR count). The van der Waals surface area contributed by atoms with E-state index in [1.807, 2.05) is 36.4 Å². The summed E-state index contributed by atoms with van der Waals surface area (Å²) in [7, 11) is 0. The highest BCUT2D eigenvalue weighted by Gasteiger charge is 2.33. The zero-order valence-corrected chi connectivity index (χ0v) is 18.0. The molecule has 1 saturated heterocycles. The van der Waals surface area contributed by atoms with Crippen LogP contribution in [-0.2, 0) is 4.79 Å². The Morgan fingerprint density at radius 2 is 1.87 bits per heavy atom. The predicted molar refractivity (Wildman–Crippen MR) is 118 cm³/mol. The van der Waals surface area contributed by atoms with E-state index in [9.17, 15) is 4.79 Å². The molecule has 158 valence electrons. The summed E-state index contributed by atoms with van der Waals surface area (Å²) in [5.41, 5.74) is 1.57. The van der Waals surface area contributed by atoms with Gasteiger partial charge in [0.25, 0.3) is 0 Å². The molecule has 0 unspecified atom stereocenters. The molecule has 1 aliphatic heterocycles. The number of anilines is 1. The first-order chi connectivity index (χ1) is 14.6. The van der Waals surface area contributed by atoms with E-state index in [0.717, 1.165) is 31.0 Å². The zero-order valence-electron chi connectivity index (χ0n) is 17.3. The number of fused-ring (bicyclic) bond motifs is 1. The van der Waals surface area contributed by atoms with Crippen molar-refractivity contribution in [1.82, 2.24) is 30.0 Å². The number of benzene rings is 1. The first-order valence-corrected chi connectivity index (χ1v) is 10.7. The van der Waals surface area contributed by atoms with Gasteiger partial charge in [-0.25, -0.2) is 0 Å². The molecule has 0 saturated carbocycles. The molecule has 1 aliphatic rings. The number of hydrogen-bond acceptors (Lipinski definition) is 6. The number of amides is 1. The molecule has 3 heterocycles. The van der Waals surface area contributed by atoms with E-state index in [-0.39, 0.29) is 11.8 Å². The third kappa shape index (κ3) is 4.24. The van der Waals surface area contributed by atoms with E-state index < -0.39 is 0 Å². The second-order valence-corrected chi connectivity index (χ2v) is 7.85. The van der Waals surface area contributed by atoms with Crippen molar-refractivity contribution in [2.75, 3.05) is 44.2 Å². The number of nitrogens with zero attached hydrogens (tertiary/aromatic N) is 6. The Bertz CT molecular complexity index is 1010. The van der Waals surface area contributed by atoms with E-state index in [1.165, 1.54) is 0 Å². The predicted octanol–water partition coefficient (Wildman–Crippen LogP) is 2.34. The summed E-state index contributed by atoms with van der Waals surface area (Å²) in [6.45, 7) is 9.15. The number of carbonyl (C=O) groups excluding carboxylic acids is 1. The van der Waals surface area contributed by atoms with Crippen LogP contribution in [0.5, 0.6) is 0 Å². The fourth-order valence-electron chi connectivity index (χ4n) is 3.58. The Labute approximate surface area is 180 Å². The van der Waals surface area contributed by atoms with Gasteiger partial charge in [-0.3, -0.25) is 4.79 Å². The largest absolute Gasteiger partial charge is 0.354 e. The molecule has 30 heavy (non-hydrogen) atoms. The Morgan fingerprint density at radius 3 is 2.57 bits per heavy atom. The lowest BCUT2D eigenvalue weighted by Gasteiger charge is -2.39. The zero-order chi connectivity index (χ0) is 21.1. The van der Waals surface area contributed by atoms with Gasteiger partial charge in [-0.15, -0.1) is 15.3 Å². The molecule has 0 atom stereocenters. The average molecular weight is 428 g/mol. The standard InChI is InChI=1S/C21H26ClN7O/c1-3-27(4-2)12-11-23-21(30)16-13-28(14-16)19-10-9-18-24-25-20(29(18)26-19)15-5-7-17(22)8-6-15/h5-10,16H,3-4,11-14H2,1-2H3,(H,23,30). The van der Waals surface area contributed by atoms with Crippen LogP contribution in [0.25, 0.3) is 17.0 Å². The Hall–Kier alpha value is -2.71. The number of hydrogen-bond donors (Lipinski definition) is 1. The summed E-state index contributed by atoms with van der Waals surface area (Å²) >= 11 is 5.99. The molecule has 9 heteroatoms. The minimum atomic E-state index is -0.00384. The summed E-state index contributed by atoms with van der Waals surface area (Å²) in [4.78, 5) is 16.8. The van der Waals surface area contributed by atoms with Crippen molar-refractivity contribution < 1.29 is 4.79 Å². The molecule has 1 aromatic carbocycles. The maximum Gasteiger partial charge on any atom is 0.226 e. The topological polar surface area (TPSA) is 78.7 Å². The monoisotopic (exact) mass is 427 g/mol. The highest BCUT2D eigenvalue weighted by Crippen LogP contribution is 2.25. The highest BCUT2D eigenvalue weighted by atomic mass is 35.5. The molecule has 0 spiro atoms. The number of halogens is 1. The average Bonchev–Trinajstić information content (AvgIpc) is 3.14. The second kappa shape index (κ2) is 8.97. The minimum absolute atomic E-state index is 0.00384. The summed E-state index contributed by atoms with van der Waals surface area (Å²) in [5, 5.41) is 16.9. The quantitative estimate of drug-likeness (QED) is 0.594. The lowest BCUT2D eigenvalue weighted by molar-refractivity contribution is -0.125. The van der Waals surface area contributed by atoms with E-state index in [1.54, 1.807) is 4.52 Å². The van der Waals surface area contributed by atoms with Crippen molar-refractivity contribution in [3.63, 3.8) is 0 Å². The molecule has 0 bridgehead atoms. The number of carbonyl (C=O) groups is 1. The minimum Gasteiger partial charge on any atom is -0.354 e. The molecule has 2 aromatic heterocycles. The lowest BCUT2D eigenvalue weighted by atomic mass is 9.99. The van der Waals surface area contributed by atoms with Crippen molar-refractivity contribution in [2.45, 2.75) is 13.8 Å². The first kappa shape index (κ1) is 20.6. The molecular weight excluding hydrogens is 402 g/mol. The normalized spacial score (nSPS) is 14.3. The maximum absolute atomic E-state index is 12.4. The van der Waals surface area contributed by atoms with Crippen LogP contribution >= 0.6 is 11.6 Å². The van der Waals surface area contributed by atoms with Gasteiger partial charge in [0, 0.05) is 36.8 Å². The van der Waals surface area contributed by atoms with Crippen LogP contribution in [0.4, 0.5) is 5.82 Å². The van der Waals surface area contributed by atoms with Crippen LogP contribution in [-0.4, -0.2) is 69.9 Å². The van der Waals surface area contributed by atoms with E-state index >= 15 is 0 Å². The van der Waals surface area contributed by atoms with Crippen LogP contribution in [0.3, 0.4) is 0 Å². The van der Waals surface area contributed by atoms with Gasteiger partial charge in [0.05, 0.1) is 5.92 Å². The van der Waals surface area contributed by atoms with Gasteiger partial charge in [0.1, 0.15) is 5.82 Å². The molecular formula is C21H26ClN7O. The van der Waals surface area contributed by atoms with Crippen LogP contribution < -0.4 is 10.2 Å². The van der Waals surface area contributed by atoms with Crippen LogP contribution in [0.1, 0.15) is 13.8 Å². The lowest BCUT2D eigenvalue weighted by Crippen LogP contribution is -2.54. The molecule has 3 aromatic rings. The molecule has 0 radical (unpaired) electrons. The highest BCUT2D eigenvalue weighted by molar-refractivity contribution is 6.30. The van der Waals surface area contributed by atoms with E-state index in [2.05, 4.69) is 39.2 Å². The number of rotatable bonds is 8. The SMILES string of the molecule is CCN(CC)CCNC(=O)C1CN(c2ccc3nnc(-c4ccc(Cl)cc4)n3n2)C1. The number of likely N-dealkylation sites (N-methyl/N-ethyl adjacent to an activating group) is 1. The van der Waals surface area contributed by atoms with Gasteiger partial charge in [0.15, 0.2) is 11.5 Å². The van der Waals surface area contributed by atoms with E-state index in [0.29, 0.717) is 36.1 Å². The Balaban J connectivity index is 1.39. The Kier molecular flexibility index (Phi) is 6.15. The van der Waals surface area contributed by atoms with Gasteiger partial charge in [-0.2, -0.15) is 4.52 Å². The van der Waals surface area contributed by atoms with Crippen LogP contribution in [0, 0.1) is 5.92 Å². The summed E-state index contributed by atoms with van der Waals surface area (Å²) in [6, 6.07) is 11.3. The van der Waals surface area contributed by atoms with E-state index in [4.69, 9.17) is 16.7 Å². The van der Waals surface area contributed by atoms with Crippen molar-refractivity contribution in [3.05, 3.63) is 41.4 Å². The fraction of sp³-hybridized carbons (Fsp3) is 0.429. The Morgan fingerprint density at radius 1 is 1.13 bits per heavy atom. The summed E-state index contributed by atoms with van der Waals surface area (Å²) in [5.74, 6) is 1.58. The summed E-state index contributed by atoms with van der Waals surface area (Å²) < 4.78 is 1.73. The van der Waals surface area contributed by atoms with Gasteiger partial charge >= 0.3 is 0 Å². The molecule has 1 N–H and O–H groups in total. The summed E-state index contributed by atoms with van der Waals surface area (Å²) in [6.07, 6.45) is 0. The third-order valence-electron chi connectivity index (χ3n) is 5.55. The number of aromatic nitrogens is 4. The molecule has 8 nitrogen and oxygen atoms in total. The molecule has 1 amide bonds. The van der Waals surface area contributed by atoms with Gasteiger partial charge in [-0.1, -0.05) is 25.4 Å². The van der Waals surface area contributed by atoms with Gasteiger partial charge in [-0.05, 0) is 49.5 Å². The second-order valence-electron chi connectivity index (χ2n) is 7.41. The van der Waals surface area contributed by atoms with Crippen molar-refractivity contribution >= 4 is 29.0 Å². The van der Waals surface area contributed by atoms with Crippen molar-refractivity contribution in [1.29, 1.82) is 0 Å². The first-order valence-electron chi connectivity index (χ1n) is 10.3. The van der Waals surface area contributed by atoms with Gasteiger partial charge in [0.2, 0.25) is 5.91 Å². The van der Waals surface area contributed by atoms with Crippen LogP contribution in [0.2, 0.25) is 5.02 Å². The van der Waals surface area contributed by atoms with Gasteiger partial charge < -0.3 is 15.1 Å². The van der Waals surface area contributed by atoms with Crippen molar-refractivity contribution in [2.24, 2.45) is 5.92 Å².